The van der Waals surface area contributed by atoms with Crippen molar-refractivity contribution in [3.05, 3.63) is 12.2 Å². The summed E-state index contributed by atoms with van der Waals surface area (Å²) in [6, 6.07) is 0. The molecule has 2 N–H and O–H groups in total. The highest BCUT2D eigenvalue weighted by Crippen LogP contribution is 2.11. The predicted molar refractivity (Wildman–Crippen MR) is 101 cm³/mol. The molecule has 0 amide bonds. The largest absolute Gasteiger partial charge is 0.320 e. The van der Waals surface area contributed by atoms with Crippen molar-refractivity contribution < 1.29 is 0 Å². The van der Waals surface area contributed by atoms with Gasteiger partial charge in [0.15, 0.2) is 0 Å². The van der Waals surface area contributed by atoms with Crippen molar-refractivity contribution >= 4 is 22.6 Å². The molecule has 0 bridgehead atoms. The van der Waals surface area contributed by atoms with Crippen LogP contribution in [0, 0.1) is 0 Å². The lowest BCUT2D eigenvalue weighted by atomic mass is 10.1. The summed E-state index contributed by atoms with van der Waals surface area (Å²) in [4.78, 5) is 0. The maximum Gasteiger partial charge on any atom is 0.0568 e. The average Bonchev–Trinajstić information content (AvgIpc) is 2.43. The molecular weight excluding hydrogens is 357 g/mol. The lowest BCUT2D eigenvalue weighted by molar-refractivity contribution is 0.595. The van der Waals surface area contributed by atoms with E-state index < -0.39 is 0 Å². The summed E-state index contributed by atoms with van der Waals surface area (Å²) >= 11 is 2.31. The molecule has 2 heteroatoms. The van der Waals surface area contributed by atoms with E-state index in [2.05, 4.69) is 41.7 Å². The van der Waals surface area contributed by atoms with E-state index in [0.29, 0.717) is 4.05 Å². The molecule has 0 fully saturated rings. The Morgan fingerprint density at radius 1 is 0.750 bits per heavy atom. The van der Waals surface area contributed by atoms with Gasteiger partial charge < -0.3 is 5.73 Å². The van der Waals surface area contributed by atoms with E-state index in [-0.39, 0.29) is 0 Å². The minimum Gasteiger partial charge on any atom is -0.320 e. The molecule has 0 saturated carbocycles. The molecule has 0 heterocycles. The second kappa shape index (κ2) is 17.5. The summed E-state index contributed by atoms with van der Waals surface area (Å²) in [5.74, 6) is 0. The van der Waals surface area contributed by atoms with Gasteiger partial charge in [0.25, 0.3) is 0 Å². The summed E-state index contributed by atoms with van der Waals surface area (Å²) < 4.78 is 0.359. The van der Waals surface area contributed by atoms with Crippen LogP contribution in [-0.4, -0.2) is 4.05 Å². The maximum absolute atomic E-state index is 5.72. The van der Waals surface area contributed by atoms with Crippen LogP contribution < -0.4 is 5.73 Å². The van der Waals surface area contributed by atoms with Gasteiger partial charge in [-0.1, -0.05) is 99.5 Å². The molecule has 0 spiro atoms. The van der Waals surface area contributed by atoms with E-state index >= 15 is 0 Å². The van der Waals surface area contributed by atoms with Gasteiger partial charge in [0.05, 0.1) is 4.05 Å². The smallest absolute Gasteiger partial charge is 0.0568 e. The molecular formula is C18H36IN. The van der Waals surface area contributed by atoms with Crippen molar-refractivity contribution in [3.63, 3.8) is 0 Å². The molecule has 0 aliphatic rings. The second-order valence-electron chi connectivity index (χ2n) is 5.89. The first-order chi connectivity index (χ1) is 9.77. The third kappa shape index (κ3) is 18.4. The number of halogens is 1. The van der Waals surface area contributed by atoms with Gasteiger partial charge in [0.1, 0.15) is 0 Å². The zero-order chi connectivity index (χ0) is 14.9. The Morgan fingerprint density at radius 2 is 1.20 bits per heavy atom. The van der Waals surface area contributed by atoms with E-state index in [0.717, 1.165) is 0 Å². The van der Waals surface area contributed by atoms with Crippen LogP contribution in [0.15, 0.2) is 12.2 Å². The summed E-state index contributed by atoms with van der Waals surface area (Å²) in [6.07, 6.45) is 23.8. The van der Waals surface area contributed by atoms with Crippen molar-refractivity contribution in [2.24, 2.45) is 5.73 Å². The van der Waals surface area contributed by atoms with Gasteiger partial charge in [-0.25, -0.2) is 0 Å². The molecule has 0 aromatic carbocycles. The van der Waals surface area contributed by atoms with Crippen LogP contribution in [-0.2, 0) is 0 Å². The maximum atomic E-state index is 5.72. The number of unbranched alkanes of at least 4 members (excludes halogenated alkanes) is 11. The normalized spacial score (nSPS) is 13.2. The molecule has 1 unspecified atom stereocenters. The highest BCUT2D eigenvalue weighted by molar-refractivity contribution is 14.1. The van der Waals surface area contributed by atoms with E-state index in [9.17, 15) is 0 Å². The molecule has 1 nitrogen and oxygen atoms in total. The zero-order valence-corrected chi connectivity index (χ0v) is 15.7. The second-order valence-corrected chi connectivity index (χ2v) is 7.49. The Hall–Kier alpha value is 0.430. The Balaban J connectivity index is 3.05. The standard InChI is InChI=1S/C18H36IN/c1-2-3-4-5-6-7-8-9-10-11-12-13-14-15-16-17-18(19)20/h9-10,18H,2-8,11-17,20H2,1H3/b10-9-. The molecule has 0 aliphatic carbocycles. The molecule has 20 heavy (non-hydrogen) atoms. The quantitative estimate of drug-likeness (QED) is 0.108. The lowest BCUT2D eigenvalue weighted by Gasteiger charge is -2.02. The summed E-state index contributed by atoms with van der Waals surface area (Å²) in [6.45, 7) is 2.28. The van der Waals surface area contributed by atoms with Gasteiger partial charge >= 0.3 is 0 Å². The molecule has 1 atom stereocenters. The Labute approximate surface area is 141 Å². The van der Waals surface area contributed by atoms with Gasteiger partial charge in [-0.05, 0) is 32.1 Å². The van der Waals surface area contributed by atoms with Crippen LogP contribution in [0.2, 0.25) is 0 Å². The first kappa shape index (κ1) is 20.4. The number of hydrogen-bond donors (Lipinski definition) is 1. The Kier molecular flexibility index (Phi) is 17.9. The number of rotatable bonds is 15. The highest BCUT2D eigenvalue weighted by Gasteiger charge is 1.95. The number of nitrogens with two attached hydrogens (primary N) is 1. The van der Waals surface area contributed by atoms with Gasteiger partial charge in [-0.3, -0.25) is 0 Å². The van der Waals surface area contributed by atoms with Gasteiger partial charge in [-0.15, -0.1) is 0 Å². The molecule has 0 aromatic heterocycles. The number of hydrogen-bond acceptors (Lipinski definition) is 1. The fourth-order valence-corrected chi connectivity index (χ4v) is 2.85. The lowest BCUT2D eigenvalue weighted by Crippen LogP contribution is -2.09. The first-order valence-corrected chi connectivity index (χ1v) is 10.1. The molecule has 0 aliphatic heterocycles. The van der Waals surface area contributed by atoms with Crippen molar-refractivity contribution in [2.75, 3.05) is 0 Å². The molecule has 0 saturated heterocycles. The Morgan fingerprint density at radius 3 is 1.70 bits per heavy atom. The van der Waals surface area contributed by atoms with Crippen LogP contribution in [0.5, 0.6) is 0 Å². The van der Waals surface area contributed by atoms with Crippen molar-refractivity contribution in [2.45, 2.75) is 101 Å². The van der Waals surface area contributed by atoms with Crippen LogP contribution in [0.25, 0.3) is 0 Å². The van der Waals surface area contributed by atoms with E-state index in [1.807, 2.05) is 0 Å². The topological polar surface area (TPSA) is 26.0 Å². The zero-order valence-electron chi connectivity index (χ0n) is 13.6. The number of alkyl halides is 1. The first-order valence-electron chi connectivity index (χ1n) is 8.82. The van der Waals surface area contributed by atoms with Gasteiger partial charge in [-0.2, -0.15) is 0 Å². The monoisotopic (exact) mass is 393 g/mol. The third-order valence-corrected chi connectivity index (χ3v) is 4.36. The highest BCUT2D eigenvalue weighted by atomic mass is 127. The minimum atomic E-state index is 0.359. The van der Waals surface area contributed by atoms with Crippen molar-refractivity contribution in [1.82, 2.24) is 0 Å². The summed E-state index contributed by atoms with van der Waals surface area (Å²) in [7, 11) is 0. The van der Waals surface area contributed by atoms with Crippen LogP contribution in [0.3, 0.4) is 0 Å². The van der Waals surface area contributed by atoms with Crippen LogP contribution in [0.4, 0.5) is 0 Å². The summed E-state index contributed by atoms with van der Waals surface area (Å²) in [5, 5.41) is 0. The van der Waals surface area contributed by atoms with Gasteiger partial charge in [0, 0.05) is 0 Å². The van der Waals surface area contributed by atoms with E-state index in [1.165, 1.54) is 89.9 Å². The number of allylic oxidation sites excluding steroid dienone is 2. The minimum absolute atomic E-state index is 0.359. The SMILES string of the molecule is CCCCCCCC/C=C\CCCCCCCC(N)I. The fourth-order valence-electron chi connectivity index (χ4n) is 2.41. The molecule has 0 rings (SSSR count). The average molecular weight is 393 g/mol. The van der Waals surface area contributed by atoms with Crippen LogP contribution in [0.1, 0.15) is 96.8 Å². The van der Waals surface area contributed by atoms with Crippen LogP contribution >= 0.6 is 22.6 Å². The molecule has 0 radical (unpaired) electrons. The van der Waals surface area contributed by atoms with Crippen molar-refractivity contribution in [1.29, 1.82) is 0 Å². The van der Waals surface area contributed by atoms with Crippen molar-refractivity contribution in [3.8, 4) is 0 Å². The molecule has 120 valence electrons. The van der Waals surface area contributed by atoms with E-state index in [4.69, 9.17) is 5.73 Å². The third-order valence-electron chi connectivity index (χ3n) is 3.74. The Bertz CT molecular complexity index is 202. The van der Waals surface area contributed by atoms with E-state index in [1.54, 1.807) is 0 Å². The summed E-state index contributed by atoms with van der Waals surface area (Å²) in [5.41, 5.74) is 5.72. The predicted octanol–water partition coefficient (Wildman–Crippen LogP) is 6.74. The van der Waals surface area contributed by atoms with Gasteiger partial charge in [0.2, 0.25) is 0 Å². The fraction of sp³-hybridized carbons (Fsp3) is 0.889. The molecule has 0 aromatic rings.